The number of carbonyl (C=O) groups excluding carboxylic acids is 4. The average Bonchev–Trinajstić information content (AvgIpc) is 3.33. The zero-order chi connectivity index (χ0) is 54.2. The molecule has 1 rings (SSSR count). The molecule has 8 unspecified atom stereocenters. The zero-order valence-electron chi connectivity index (χ0n) is 41.9. The molecule has 72 heavy (non-hydrogen) atoms. The fourth-order valence-corrected chi connectivity index (χ4v) is 8.08. The second-order valence-corrected chi connectivity index (χ2v) is 18.1. The van der Waals surface area contributed by atoms with Crippen LogP contribution in [0, 0.1) is 0 Å². The monoisotopic (exact) mass is 1030 g/mol. The number of nitrogens with one attached hydrogen (secondary N) is 4. The highest BCUT2D eigenvalue weighted by molar-refractivity contribution is 5.84. The minimum Gasteiger partial charge on any atom is -0.480 e. The normalized spacial score (nSPS) is 18.1. The lowest BCUT2D eigenvalue weighted by Crippen LogP contribution is -2.60. The van der Waals surface area contributed by atoms with Gasteiger partial charge in [0, 0.05) is 78.5 Å². The van der Waals surface area contributed by atoms with Crippen molar-refractivity contribution < 1.29 is 58.8 Å². The first kappa shape index (κ1) is 65.3. The molecule has 28 heteroatoms. The summed E-state index contributed by atoms with van der Waals surface area (Å²) in [7, 11) is 0. The SMILES string of the molecule is NCCCCC(N)C(=O)NCC(C(=O)O)N1CCN(C(CNC(=O)C(N)CCCCN)C(=O)O)CCN(C(CNC(=O)C(N)CCCCN)C(=O)O)CCN(C(CNC(=O)C(N)CCCCN)C(=O)O)CC1. The summed E-state index contributed by atoms with van der Waals surface area (Å²) in [5.41, 5.74) is 46.7. The third kappa shape index (κ3) is 25.3. The van der Waals surface area contributed by atoms with E-state index in [9.17, 15) is 58.8 Å². The van der Waals surface area contributed by atoms with Gasteiger partial charge in [-0.05, 0) is 77.5 Å². The van der Waals surface area contributed by atoms with Crippen LogP contribution in [-0.4, -0.2) is 241 Å². The van der Waals surface area contributed by atoms with Crippen LogP contribution in [0.1, 0.15) is 77.0 Å². The molecule has 0 spiro atoms. The Hall–Kier alpha value is -4.72. The van der Waals surface area contributed by atoms with Crippen LogP contribution < -0.4 is 67.1 Å². The highest BCUT2D eigenvalue weighted by atomic mass is 16.4. The van der Waals surface area contributed by atoms with Crippen molar-refractivity contribution in [3.63, 3.8) is 0 Å². The van der Waals surface area contributed by atoms with Crippen molar-refractivity contribution in [2.75, 3.05) is 105 Å². The average molecular weight is 1030 g/mol. The van der Waals surface area contributed by atoms with E-state index in [1.807, 2.05) is 0 Å². The summed E-state index contributed by atoms with van der Waals surface area (Å²) in [6.07, 6.45) is 5.75. The van der Waals surface area contributed by atoms with Crippen LogP contribution in [0.15, 0.2) is 0 Å². The van der Waals surface area contributed by atoms with E-state index in [0.717, 1.165) is 0 Å². The molecule has 4 amide bonds. The van der Waals surface area contributed by atoms with Crippen molar-refractivity contribution in [3.8, 4) is 0 Å². The van der Waals surface area contributed by atoms with Crippen molar-refractivity contribution in [2.45, 2.75) is 125 Å². The number of aliphatic carboxylic acids is 4. The van der Waals surface area contributed by atoms with Crippen LogP contribution in [0.2, 0.25) is 0 Å². The molecule has 0 saturated carbocycles. The van der Waals surface area contributed by atoms with E-state index >= 15 is 0 Å². The largest absolute Gasteiger partial charge is 0.480 e. The fraction of sp³-hybridized carbons (Fsp3) is 0.818. The number of nitrogens with zero attached hydrogens (tertiary/aromatic N) is 4. The van der Waals surface area contributed by atoms with Gasteiger partial charge in [-0.15, -0.1) is 0 Å². The standard InChI is InChI=1S/C44H88N16O12/c45-13-5-1-9-29(49)37(61)53-25-33(41(65)66)57-17-19-58(34(42(67)68)26-54-38(62)30(50)10-2-6-14-46)21-23-60(36(44(71)72)28-56-40(64)32(52)12-4-8-16-48)24-22-59(20-18-57)35(43(69)70)27-55-39(63)31(51)11-3-7-15-47/h29-36H,1-28,45-52H2,(H,53,61)(H,54,62)(H,55,63)(H,56,64)(H,65,66)(H,67,68)(H,69,70)(H,71,72). The van der Waals surface area contributed by atoms with Crippen molar-refractivity contribution in [1.29, 1.82) is 0 Å². The summed E-state index contributed by atoms with van der Waals surface area (Å²) in [5.74, 6) is -8.04. The quantitative estimate of drug-likeness (QED) is 0.0259. The van der Waals surface area contributed by atoms with Gasteiger partial charge in [0.05, 0.1) is 24.2 Å². The number of amides is 4. The van der Waals surface area contributed by atoms with Gasteiger partial charge in [0.2, 0.25) is 23.6 Å². The van der Waals surface area contributed by atoms with Crippen LogP contribution in [-0.2, 0) is 38.4 Å². The Labute approximate surface area is 422 Å². The summed E-state index contributed by atoms with van der Waals surface area (Å²) in [6, 6.07) is -9.81. The van der Waals surface area contributed by atoms with Gasteiger partial charge in [-0.1, -0.05) is 25.7 Å². The Bertz CT molecular complexity index is 1410. The molecule has 416 valence electrons. The zero-order valence-corrected chi connectivity index (χ0v) is 41.9. The lowest BCUT2D eigenvalue weighted by molar-refractivity contribution is -0.148. The number of hydrogen-bond acceptors (Lipinski definition) is 20. The third-order valence-electron chi connectivity index (χ3n) is 12.7. The van der Waals surface area contributed by atoms with Gasteiger partial charge in [0.25, 0.3) is 0 Å². The Morgan fingerprint density at radius 1 is 0.333 bits per heavy atom. The first-order valence-corrected chi connectivity index (χ1v) is 25.0. The van der Waals surface area contributed by atoms with Crippen molar-refractivity contribution in [1.82, 2.24) is 40.9 Å². The van der Waals surface area contributed by atoms with E-state index in [0.29, 0.717) is 77.5 Å². The molecular weight excluding hydrogens is 945 g/mol. The van der Waals surface area contributed by atoms with Gasteiger partial charge in [0.1, 0.15) is 24.2 Å². The van der Waals surface area contributed by atoms with E-state index in [1.54, 1.807) is 0 Å². The van der Waals surface area contributed by atoms with E-state index < -0.39 is 122 Å². The van der Waals surface area contributed by atoms with Gasteiger partial charge in [-0.3, -0.25) is 58.0 Å². The maximum absolute atomic E-state index is 13.1. The second-order valence-electron chi connectivity index (χ2n) is 18.1. The molecule has 1 aliphatic heterocycles. The van der Waals surface area contributed by atoms with E-state index in [4.69, 9.17) is 45.9 Å². The summed E-state index contributed by atoms with van der Waals surface area (Å²) >= 11 is 0. The van der Waals surface area contributed by atoms with Gasteiger partial charge in [-0.25, -0.2) is 0 Å². The number of nitrogens with two attached hydrogens (primary N) is 8. The molecule has 0 radical (unpaired) electrons. The predicted molar refractivity (Wildman–Crippen MR) is 268 cm³/mol. The van der Waals surface area contributed by atoms with E-state index in [2.05, 4.69) is 21.3 Å². The first-order chi connectivity index (χ1) is 34.2. The maximum atomic E-state index is 13.1. The molecule has 28 nitrogen and oxygen atoms in total. The number of carbonyl (C=O) groups is 8. The van der Waals surface area contributed by atoms with Crippen LogP contribution in [0.3, 0.4) is 0 Å². The Morgan fingerprint density at radius 3 is 0.639 bits per heavy atom. The molecule has 1 heterocycles. The molecule has 0 aromatic rings. The van der Waals surface area contributed by atoms with Crippen LogP contribution in [0.25, 0.3) is 0 Å². The molecule has 1 fully saturated rings. The Kier molecular flexibility index (Phi) is 33.6. The summed E-state index contributed by atoms with van der Waals surface area (Å²) < 4.78 is 0. The van der Waals surface area contributed by atoms with E-state index in [1.165, 1.54) is 19.6 Å². The maximum Gasteiger partial charge on any atom is 0.322 e. The predicted octanol–water partition coefficient (Wildman–Crippen LogP) is -6.69. The van der Waals surface area contributed by atoms with Crippen molar-refractivity contribution in [3.05, 3.63) is 0 Å². The number of hydrogen-bond donors (Lipinski definition) is 16. The summed E-state index contributed by atoms with van der Waals surface area (Å²) in [6.45, 7) is -2.04. The van der Waals surface area contributed by atoms with Crippen LogP contribution in [0.4, 0.5) is 0 Å². The van der Waals surface area contributed by atoms with Crippen molar-refractivity contribution in [2.24, 2.45) is 45.9 Å². The smallest absolute Gasteiger partial charge is 0.322 e. The van der Waals surface area contributed by atoms with Crippen LogP contribution in [0.5, 0.6) is 0 Å². The number of unbranched alkanes of at least 4 members (excludes halogenated alkanes) is 4. The molecule has 0 aliphatic carbocycles. The minimum absolute atomic E-state index is 0.216. The topological polar surface area (TPSA) is 487 Å². The highest BCUT2D eigenvalue weighted by Crippen LogP contribution is 2.13. The number of rotatable bonds is 36. The van der Waals surface area contributed by atoms with Gasteiger partial charge < -0.3 is 87.6 Å². The molecule has 8 atom stereocenters. The van der Waals surface area contributed by atoms with Gasteiger partial charge in [0.15, 0.2) is 0 Å². The van der Waals surface area contributed by atoms with Gasteiger partial charge in [-0.2, -0.15) is 0 Å². The lowest BCUT2D eigenvalue weighted by atomic mass is 10.1. The molecule has 0 aromatic heterocycles. The molecule has 0 bridgehead atoms. The third-order valence-corrected chi connectivity index (χ3v) is 12.7. The number of carboxylic acids is 4. The fourth-order valence-electron chi connectivity index (χ4n) is 8.08. The molecule has 1 aliphatic rings. The number of carboxylic acid groups (broad SMARTS) is 4. The Balaban J connectivity index is 3.87. The second kappa shape index (κ2) is 37.1. The highest BCUT2D eigenvalue weighted by Gasteiger charge is 2.36. The summed E-state index contributed by atoms with van der Waals surface area (Å²) in [4.78, 5) is 110. The molecule has 24 N–H and O–H groups in total. The summed E-state index contributed by atoms with van der Waals surface area (Å²) in [5, 5.41) is 53.0. The Morgan fingerprint density at radius 2 is 0.500 bits per heavy atom. The van der Waals surface area contributed by atoms with Gasteiger partial charge >= 0.3 is 23.9 Å². The van der Waals surface area contributed by atoms with Crippen molar-refractivity contribution >= 4 is 47.5 Å². The first-order valence-electron chi connectivity index (χ1n) is 25.0. The van der Waals surface area contributed by atoms with Crippen LogP contribution >= 0.6 is 0 Å². The van der Waals surface area contributed by atoms with E-state index in [-0.39, 0.29) is 78.0 Å². The molecule has 0 aromatic carbocycles. The lowest BCUT2D eigenvalue weighted by Gasteiger charge is -2.40. The molecular formula is C44H88N16O12. The molecule has 1 saturated heterocycles. The minimum atomic E-state index is -1.47.